The van der Waals surface area contributed by atoms with Crippen LogP contribution in [0.4, 0.5) is 0 Å². The number of hydrogen-bond donors (Lipinski definition) is 0. The van der Waals surface area contributed by atoms with Gasteiger partial charge in [-0.1, -0.05) is 97.1 Å². The third-order valence-corrected chi connectivity index (χ3v) is 11.5. The van der Waals surface area contributed by atoms with Crippen molar-refractivity contribution in [2.75, 3.05) is 25.5 Å². The Labute approximate surface area is 205 Å². The summed E-state index contributed by atoms with van der Waals surface area (Å²) >= 11 is 0. The Balaban J connectivity index is 1.55. The van der Waals surface area contributed by atoms with Gasteiger partial charge in [0.05, 0.1) is 13.2 Å². The molecule has 0 N–H and O–H groups in total. The molecule has 4 aromatic carbocycles. The first-order valence-corrected chi connectivity index (χ1v) is 15.0. The number of ether oxygens (including phenoxy) is 2. The minimum atomic E-state index is -0.470. The Bertz CT molecular complexity index is 1090. The molecule has 5 rings (SSSR count). The van der Waals surface area contributed by atoms with E-state index in [0.29, 0.717) is 13.2 Å². The second kappa shape index (κ2) is 11.7. The van der Waals surface area contributed by atoms with Gasteiger partial charge < -0.3 is 9.47 Å². The summed E-state index contributed by atoms with van der Waals surface area (Å²) in [7, 11) is -0.941. The highest BCUT2D eigenvalue weighted by molar-refractivity contribution is 7.79. The van der Waals surface area contributed by atoms with E-state index in [1.54, 1.807) is 0 Å². The minimum Gasteiger partial charge on any atom is -0.490 e. The van der Waals surface area contributed by atoms with Crippen LogP contribution in [0.2, 0.25) is 0 Å². The van der Waals surface area contributed by atoms with Crippen LogP contribution in [0.5, 0.6) is 11.5 Å². The lowest BCUT2D eigenvalue weighted by Crippen LogP contribution is -2.30. The number of hydrogen-bond acceptors (Lipinski definition) is 2. The van der Waals surface area contributed by atoms with Crippen molar-refractivity contribution in [1.29, 1.82) is 0 Å². The molecule has 0 spiro atoms. The van der Waals surface area contributed by atoms with Gasteiger partial charge in [0.25, 0.3) is 0 Å². The number of para-hydroxylation sites is 2. The average molecular weight is 485 g/mol. The van der Waals surface area contributed by atoms with Crippen molar-refractivity contribution in [1.82, 2.24) is 0 Å². The van der Waals surface area contributed by atoms with Gasteiger partial charge in [-0.25, -0.2) is 0 Å². The lowest BCUT2D eigenvalue weighted by molar-refractivity contribution is 0.269. The van der Waals surface area contributed by atoms with E-state index in [9.17, 15) is 0 Å². The Morgan fingerprint density at radius 1 is 0.441 bits per heavy atom. The van der Waals surface area contributed by atoms with E-state index in [1.807, 2.05) is 24.3 Å². The highest BCUT2D eigenvalue weighted by Crippen LogP contribution is 2.41. The Hall–Kier alpha value is -2.66. The van der Waals surface area contributed by atoms with Crippen LogP contribution in [-0.2, 0) is 0 Å². The van der Waals surface area contributed by atoms with Gasteiger partial charge >= 0.3 is 0 Å². The molecule has 0 radical (unpaired) electrons. The molecule has 2 atom stereocenters. The van der Waals surface area contributed by atoms with Gasteiger partial charge in [0, 0.05) is 0 Å². The summed E-state index contributed by atoms with van der Waals surface area (Å²) in [5, 5.41) is 5.95. The molecule has 0 fully saturated rings. The molecule has 0 bridgehead atoms. The van der Waals surface area contributed by atoms with Crippen molar-refractivity contribution in [2.24, 2.45) is 0 Å². The van der Waals surface area contributed by atoms with Crippen LogP contribution in [0.25, 0.3) is 0 Å². The SMILES string of the molecule is c1ccc(P2CCCOc3ccccc3OCCCP(c3ccccc3)c3ccccc32)cc1. The molecule has 2 unspecified atom stereocenters. The third kappa shape index (κ3) is 5.52. The molecule has 0 aliphatic carbocycles. The van der Waals surface area contributed by atoms with E-state index in [1.165, 1.54) is 21.2 Å². The zero-order valence-corrected chi connectivity index (χ0v) is 21.1. The zero-order valence-electron chi connectivity index (χ0n) is 19.3. The predicted octanol–water partition coefficient (Wildman–Crippen LogP) is 5.80. The van der Waals surface area contributed by atoms with Crippen molar-refractivity contribution in [2.45, 2.75) is 12.8 Å². The van der Waals surface area contributed by atoms with E-state index in [2.05, 4.69) is 84.9 Å². The quantitative estimate of drug-likeness (QED) is 0.335. The van der Waals surface area contributed by atoms with Crippen LogP contribution in [0.1, 0.15) is 12.8 Å². The number of rotatable bonds is 2. The Kier molecular flexibility index (Phi) is 7.92. The van der Waals surface area contributed by atoms with E-state index < -0.39 is 15.8 Å². The smallest absolute Gasteiger partial charge is 0.161 e. The maximum absolute atomic E-state index is 6.18. The fourth-order valence-electron chi connectivity index (χ4n) is 4.41. The van der Waals surface area contributed by atoms with Gasteiger partial charge in [-0.15, -0.1) is 0 Å². The summed E-state index contributed by atoms with van der Waals surface area (Å²) in [6.45, 7) is 1.39. The first-order valence-electron chi connectivity index (χ1n) is 12.0. The van der Waals surface area contributed by atoms with E-state index in [4.69, 9.17) is 9.47 Å². The van der Waals surface area contributed by atoms with Crippen molar-refractivity contribution in [3.05, 3.63) is 109 Å². The molecule has 0 amide bonds. The van der Waals surface area contributed by atoms with Gasteiger partial charge in [-0.05, 0) is 74.4 Å². The molecule has 1 aliphatic heterocycles. The first-order chi connectivity index (χ1) is 16.9. The van der Waals surface area contributed by atoms with Gasteiger partial charge in [0.2, 0.25) is 0 Å². The normalized spacial score (nSPS) is 18.9. The van der Waals surface area contributed by atoms with E-state index in [0.717, 1.165) is 36.7 Å². The highest BCUT2D eigenvalue weighted by Gasteiger charge is 2.23. The van der Waals surface area contributed by atoms with Crippen LogP contribution >= 0.6 is 15.8 Å². The summed E-state index contributed by atoms with van der Waals surface area (Å²) < 4.78 is 12.4. The molecule has 1 aliphatic rings. The fourth-order valence-corrected chi connectivity index (χ4v) is 9.88. The largest absolute Gasteiger partial charge is 0.490 e. The van der Waals surface area contributed by atoms with Crippen molar-refractivity contribution < 1.29 is 9.47 Å². The Morgan fingerprint density at radius 2 is 0.824 bits per heavy atom. The van der Waals surface area contributed by atoms with Crippen LogP contribution in [-0.4, -0.2) is 25.5 Å². The third-order valence-electron chi connectivity index (χ3n) is 6.02. The van der Waals surface area contributed by atoms with Gasteiger partial charge in [-0.2, -0.15) is 0 Å². The van der Waals surface area contributed by atoms with Gasteiger partial charge in [0.1, 0.15) is 0 Å². The molecule has 172 valence electrons. The standard InChI is InChI=1S/C30H30O2P2/c1-3-13-25(14-4-1)33-23-11-21-31-27-17-7-8-18-28(27)32-22-12-24-34(26-15-5-2-6-16-26)30-20-10-9-19-29(30)33/h1-10,13-20H,11-12,21-24H2. The number of fused-ring (bicyclic) bond motifs is 2. The summed E-state index contributed by atoms with van der Waals surface area (Å²) in [6.07, 6.45) is 4.23. The lowest BCUT2D eigenvalue weighted by Gasteiger charge is -2.27. The van der Waals surface area contributed by atoms with Gasteiger partial charge in [0.15, 0.2) is 11.5 Å². The van der Waals surface area contributed by atoms with Crippen LogP contribution in [0.15, 0.2) is 109 Å². The van der Waals surface area contributed by atoms with E-state index in [-0.39, 0.29) is 0 Å². The lowest BCUT2D eigenvalue weighted by atomic mass is 10.3. The molecule has 1 heterocycles. The zero-order chi connectivity index (χ0) is 23.0. The highest BCUT2D eigenvalue weighted by atomic mass is 31.1. The molecule has 34 heavy (non-hydrogen) atoms. The van der Waals surface area contributed by atoms with Crippen LogP contribution in [0.3, 0.4) is 0 Å². The molecule has 4 heteroatoms. The second-order valence-corrected chi connectivity index (χ2v) is 12.9. The molecule has 0 saturated heterocycles. The maximum Gasteiger partial charge on any atom is 0.161 e. The first kappa shape index (κ1) is 23.1. The van der Waals surface area contributed by atoms with Gasteiger partial charge in [-0.3, -0.25) is 0 Å². The molecule has 0 aromatic heterocycles. The molecule has 0 saturated carbocycles. The maximum atomic E-state index is 6.18. The summed E-state index contributed by atoms with van der Waals surface area (Å²) in [6, 6.07) is 39.4. The summed E-state index contributed by atoms with van der Waals surface area (Å²) in [5.41, 5.74) is 0. The van der Waals surface area contributed by atoms with E-state index >= 15 is 0 Å². The Morgan fingerprint density at radius 3 is 1.26 bits per heavy atom. The van der Waals surface area contributed by atoms with Crippen LogP contribution in [0, 0.1) is 0 Å². The average Bonchev–Trinajstić information content (AvgIpc) is 2.90. The summed E-state index contributed by atoms with van der Waals surface area (Å²) in [4.78, 5) is 0. The number of benzene rings is 4. The second-order valence-electron chi connectivity index (χ2n) is 8.31. The molecule has 2 nitrogen and oxygen atoms in total. The van der Waals surface area contributed by atoms with Crippen molar-refractivity contribution >= 4 is 37.1 Å². The molecule has 4 aromatic rings. The summed E-state index contributed by atoms with van der Waals surface area (Å²) in [5.74, 6) is 1.71. The van der Waals surface area contributed by atoms with Crippen LogP contribution < -0.4 is 30.7 Å². The topological polar surface area (TPSA) is 18.5 Å². The van der Waals surface area contributed by atoms with Crippen molar-refractivity contribution in [3.63, 3.8) is 0 Å². The fraction of sp³-hybridized carbons (Fsp3) is 0.200. The predicted molar refractivity (Wildman–Crippen MR) is 148 cm³/mol. The van der Waals surface area contributed by atoms with Crippen molar-refractivity contribution in [3.8, 4) is 11.5 Å². The monoisotopic (exact) mass is 484 g/mol. The minimum absolute atomic E-state index is 0.470. The molecular weight excluding hydrogens is 454 g/mol. The molecular formula is C30H30O2P2.